The van der Waals surface area contributed by atoms with E-state index in [1.165, 1.54) is 0 Å². The molecule has 5 heteroatoms. The van der Waals surface area contributed by atoms with Crippen molar-refractivity contribution in [3.63, 3.8) is 0 Å². The number of hydrogen-bond acceptors (Lipinski definition) is 4. The van der Waals surface area contributed by atoms with E-state index >= 15 is 0 Å². The van der Waals surface area contributed by atoms with Gasteiger partial charge in [0.05, 0.1) is 30.5 Å². The van der Waals surface area contributed by atoms with Crippen LogP contribution in [0, 0.1) is 0 Å². The van der Waals surface area contributed by atoms with Gasteiger partial charge in [-0.05, 0) is 24.6 Å². The maximum Gasteiger partial charge on any atom is 0.253 e. The topological polar surface area (TPSA) is 67.6 Å². The third kappa shape index (κ3) is 2.81. The van der Waals surface area contributed by atoms with Crippen LogP contribution in [0.5, 0.6) is 0 Å². The third-order valence-corrected chi connectivity index (χ3v) is 3.50. The van der Waals surface area contributed by atoms with E-state index in [1.54, 1.807) is 19.2 Å². The summed E-state index contributed by atoms with van der Waals surface area (Å²) in [6, 6.07) is 5.71. The average molecular weight is 263 g/mol. The van der Waals surface area contributed by atoms with E-state index in [4.69, 9.17) is 10.5 Å². The number of morpholine rings is 1. The summed E-state index contributed by atoms with van der Waals surface area (Å²) in [5.74, 6) is -0.0867. The highest BCUT2D eigenvalue weighted by atomic mass is 16.5. The van der Waals surface area contributed by atoms with E-state index in [2.05, 4.69) is 17.1 Å². The molecular weight excluding hydrogens is 242 g/mol. The van der Waals surface area contributed by atoms with Crippen LogP contribution in [0.3, 0.4) is 0 Å². The Balaban J connectivity index is 2.40. The van der Waals surface area contributed by atoms with E-state index in [1.807, 2.05) is 6.07 Å². The zero-order chi connectivity index (χ0) is 13.8. The summed E-state index contributed by atoms with van der Waals surface area (Å²) in [6.07, 6.45) is 0.974. The van der Waals surface area contributed by atoms with Gasteiger partial charge in [-0.1, -0.05) is 6.92 Å². The van der Waals surface area contributed by atoms with Crippen LogP contribution in [0.1, 0.15) is 23.7 Å². The van der Waals surface area contributed by atoms with E-state index in [0.29, 0.717) is 30.5 Å². The van der Waals surface area contributed by atoms with Gasteiger partial charge in [0, 0.05) is 19.3 Å². The molecule has 1 atom stereocenters. The molecule has 0 spiro atoms. The van der Waals surface area contributed by atoms with Crippen LogP contribution >= 0.6 is 0 Å². The number of carbonyl (C=O) groups excluding carboxylic acids is 1. The first-order valence-electron chi connectivity index (χ1n) is 6.63. The molecule has 0 bridgehead atoms. The number of rotatable bonds is 3. The normalized spacial score (nSPS) is 19.3. The van der Waals surface area contributed by atoms with Gasteiger partial charge in [0.25, 0.3) is 5.91 Å². The summed E-state index contributed by atoms with van der Waals surface area (Å²) in [6.45, 7) is 4.28. The molecule has 1 aliphatic rings. The van der Waals surface area contributed by atoms with Crippen molar-refractivity contribution in [2.24, 2.45) is 0 Å². The summed E-state index contributed by atoms with van der Waals surface area (Å²) in [5, 5.41) is 2.68. The fourth-order valence-corrected chi connectivity index (χ4v) is 2.42. The molecule has 3 N–H and O–H groups in total. The van der Waals surface area contributed by atoms with Gasteiger partial charge in [0.15, 0.2) is 0 Å². The average Bonchev–Trinajstić information content (AvgIpc) is 2.46. The van der Waals surface area contributed by atoms with Gasteiger partial charge in [-0.3, -0.25) is 4.79 Å². The van der Waals surface area contributed by atoms with Gasteiger partial charge in [0.1, 0.15) is 0 Å². The lowest BCUT2D eigenvalue weighted by Gasteiger charge is -2.38. The van der Waals surface area contributed by atoms with Crippen molar-refractivity contribution >= 4 is 17.3 Å². The molecule has 0 saturated carbocycles. The minimum absolute atomic E-state index is 0.0867. The number of anilines is 2. The van der Waals surface area contributed by atoms with E-state index < -0.39 is 0 Å². The molecule has 1 aliphatic heterocycles. The third-order valence-electron chi connectivity index (χ3n) is 3.50. The number of benzene rings is 1. The Bertz CT molecular complexity index is 462. The van der Waals surface area contributed by atoms with Crippen molar-refractivity contribution in [2.75, 3.05) is 37.4 Å². The highest BCUT2D eigenvalue weighted by Crippen LogP contribution is 2.27. The Morgan fingerprint density at radius 1 is 1.58 bits per heavy atom. The van der Waals surface area contributed by atoms with Crippen molar-refractivity contribution in [1.82, 2.24) is 5.32 Å². The van der Waals surface area contributed by atoms with Crippen molar-refractivity contribution < 1.29 is 9.53 Å². The lowest BCUT2D eigenvalue weighted by atomic mass is 10.1. The van der Waals surface area contributed by atoms with Crippen LogP contribution in [0.4, 0.5) is 11.4 Å². The van der Waals surface area contributed by atoms with Gasteiger partial charge in [-0.15, -0.1) is 0 Å². The van der Waals surface area contributed by atoms with Crippen LogP contribution < -0.4 is 16.0 Å². The monoisotopic (exact) mass is 263 g/mol. The SMILES string of the molecule is CCC1COCCN1c1cc(N)ccc1C(=O)NC. The molecule has 0 aromatic heterocycles. The van der Waals surface area contributed by atoms with Gasteiger partial charge in [-0.2, -0.15) is 0 Å². The maximum absolute atomic E-state index is 12.0. The van der Waals surface area contributed by atoms with Crippen LogP contribution in [-0.4, -0.2) is 38.8 Å². The van der Waals surface area contributed by atoms with Crippen LogP contribution in [0.15, 0.2) is 18.2 Å². The van der Waals surface area contributed by atoms with Crippen LogP contribution in [0.25, 0.3) is 0 Å². The quantitative estimate of drug-likeness (QED) is 0.805. The van der Waals surface area contributed by atoms with Crippen molar-refractivity contribution in [1.29, 1.82) is 0 Å². The highest BCUT2D eigenvalue weighted by Gasteiger charge is 2.25. The Morgan fingerprint density at radius 2 is 2.37 bits per heavy atom. The summed E-state index contributed by atoms with van der Waals surface area (Å²) < 4.78 is 5.51. The molecule has 1 heterocycles. The summed E-state index contributed by atoms with van der Waals surface area (Å²) >= 11 is 0. The molecular formula is C14H21N3O2. The number of nitrogens with zero attached hydrogens (tertiary/aromatic N) is 1. The first-order valence-corrected chi connectivity index (χ1v) is 6.63. The molecule has 1 aromatic rings. The predicted octanol–water partition coefficient (Wildman–Crippen LogP) is 1.24. The fraction of sp³-hybridized carbons (Fsp3) is 0.500. The summed E-state index contributed by atoms with van der Waals surface area (Å²) in [5.41, 5.74) is 8.11. The molecule has 1 saturated heterocycles. The predicted molar refractivity (Wildman–Crippen MR) is 76.5 cm³/mol. The first-order chi connectivity index (χ1) is 9.17. The maximum atomic E-state index is 12.0. The Hall–Kier alpha value is -1.75. The largest absolute Gasteiger partial charge is 0.399 e. The Morgan fingerprint density at radius 3 is 3.05 bits per heavy atom. The smallest absolute Gasteiger partial charge is 0.253 e. The van der Waals surface area contributed by atoms with Gasteiger partial charge in [-0.25, -0.2) is 0 Å². The fourth-order valence-electron chi connectivity index (χ4n) is 2.42. The Labute approximate surface area is 113 Å². The number of nitrogens with two attached hydrogens (primary N) is 1. The molecule has 0 radical (unpaired) electrons. The number of ether oxygens (including phenoxy) is 1. The standard InChI is InChI=1S/C14H21N3O2/c1-3-11-9-19-7-6-17(11)13-8-10(15)4-5-12(13)14(18)16-2/h4-5,8,11H,3,6-7,9,15H2,1-2H3,(H,16,18). The van der Waals surface area contributed by atoms with E-state index in [9.17, 15) is 4.79 Å². The summed E-state index contributed by atoms with van der Waals surface area (Å²) in [4.78, 5) is 14.2. The van der Waals surface area contributed by atoms with Gasteiger partial charge < -0.3 is 20.7 Å². The minimum Gasteiger partial charge on any atom is -0.399 e. The lowest BCUT2D eigenvalue weighted by molar-refractivity contribution is 0.0915. The van der Waals surface area contributed by atoms with E-state index in [0.717, 1.165) is 18.7 Å². The molecule has 1 aromatic carbocycles. The molecule has 0 aliphatic carbocycles. The number of amides is 1. The molecule has 1 unspecified atom stereocenters. The van der Waals surface area contributed by atoms with Crippen molar-refractivity contribution in [2.45, 2.75) is 19.4 Å². The second-order valence-electron chi connectivity index (χ2n) is 4.69. The Kier molecular flexibility index (Phi) is 4.27. The molecule has 1 amide bonds. The zero-order valence-electron chi connectivity index (χ0n) is 11.5. The van der Waals surface area contributed by atoms with Crippen LogP contribution in [0.2, 0.25) is 0 Å². The minimum atomic E-state index is -0.0867. The van der Waals surface area contributed by atoms with Crippen molar-refractivity contribution in [3.8, 4) is 0 Å². The zero-order valence-corrected chi connectivity index (χ0v) is 11.5. The first kappa shape index (κ1) is 13.7. The molecule has 19 heavy (non-hydrogen) atoms. The number of nitrogens with one attached hydrogen (secondary N) is 1. The molecule has 104 valence electrons. The number of hydrogen-bond donors (Lipinski definition) is 2. The van der Waals surface area contributed by atoms with Gasteiger partial charge in [0.2, 0.25) is 0 Å². The molecule has 1 fully saturated rings. The second kappa shape index (κ2) is 5.93. The lowest BCUT2D eigenvalue weighted by Crippen LogP contribution is -2.46. The highest BCUT2D eigenvalue weighted by molar-refractivity contribution is 6.00. The van der Waals surface area contributed by atoms with Gasteiger partial charge >= 0.3 is 0 Å². The summed E-state index contributed by atoms with van der Waals surface area (Å²) in [7, 11) is 1.64. The molecule has 2 rings (SSSR count). The van der Waals surface area contributed by atoms with Crippen LogP contribution in [-0.2, 0) is 4.74 Å². The molecule has 5 nitrogen and oxygen atoms in total. The van der Waals surface area contributed by atoms with Crippen molar-refractivity contribution in [3.05, 3.63) is 23.8 Å². The number of nitrogen functional groups attached to an aromatic ring is 1. The number of carbonyl (C=O) groups is 1. The van der Waals surface area contributed by atoms with E-state index in [-0.39, 0.29) is 5.91 Å². The second-order valence-corrected chi connectivity index (χ2v) is 4.69.